The summed E-state index contributed by atoms with van der Waals surface area (Å²) >= 11 is -0.232. The van der Waals surface area contributed by atoms with Crippen LogP contribution in [-0.4, -0.2) is 57.7 Å². The fourth-order valence-corrected chi connectivity index (χ4v) is 5.29. The zero-order valence-electron chi connectivity index (χ0n) is 21.7. The van der Waals surface area contributed by atoms with Crippen LogP contribution in [0.3, 0.4) is 0 Å². The average molecular weight is 574 g/mol. The second kappa shape index (κ2) is 12.2. The lowest BCUT2D eigenvalue weighted by molar-refractivity contribution is -0.0328. The Bertz CT molecular complexity index is 1290. The van der Waals surface area contributed by atoms with Gasteiger partial charge in [0.2, 0.25) is 17.8 Å². The number of piperidine rings is 2. The number of nitrogens with one attached hydrogen (secondary N) is 2. The highest BCUT2D eigenvalue weighted by Crippen LogP contribution is 2.37. The van der Waals surface area contributed by atoms with Gasteiger partial charge in [0, 0.05) is 48.5 Å². The number of carbonyl (C=O) groups excluding carboxylic acids is 1. The molecule has 0 atom stereocenters. The first-order chi connectivity index (χ1) is 19.2. The van der Waals surface area contributed by atoms with Crippen LogP contribution in [0.25, 0.3) is 0 Å². The number of aromatic hydroxyl groups is 1. The minimum Gasteiger partial charge on any atom is -0.507 e. The van der Waals surface area contributed by atoms with Gasteiger partial charge in [-0.15, -0.1) is 0 Å². The van der Waals surface area contributed by atoms with Crippen molar-refractivity contribution in [2.45, 2.75) is 48.9 Å². The molecule has 0 radical (unpaired) electrons. The standard InChI is InChI=1S/C27H30F3N7O2S/c28-27(29,30)40-20-10-7-18(8-11-20)31-23(39)21-12-9-19(17-22(21)38)32-24-33-25(36-13-3-1-4-14-36)35-26(34-24)37-15-5-2-6-16-37/h7-12,17,38H,1-6,13-16H2,(H,31,39)(H,32,33,34,35). The van der Waals surface area contributed by atoms with Crippen LogP contribution in [0.15, 0.2) is 47.4 Å². The number of halogens is 3. The van der Waals surface area contributed by atoms with Crippen LogP contribution in [0.1, 0.15) is 48.9 Å². The molecule has 2 fully saturated rings. The third-order valence-corrected chi connectivity index (χ3v) is 7.47. The quantitative estimate of drug-likeness (QED) is 0.286. The Balaban J connectivity index is 1.30. The number of alkyl halides is 3. The van der Waals surface area contributed by atoms with E-state index >= 15 is 0 Å². The van der Waals surface area contributed by atoms with Crippen LogP contribution in [0.2, 0.25) is 0 Å². The van der Waals surface area contributed by atoms with Crippen molar-refractivity contribution in [2.24, 2.45) is 0 Å². The Hall–Kier alpha value is -3.74. The molecule has 2 aromatic carbocycles. The third-order valence-electron chi connectivity index (χ3n) is 6.73. The van der Waals surface area contributed by atoms with Gasteiger partial charge in [-0.25, -0.2) is 0 Å². The van der Waals surface area contributed by atoms with Crippen molar-refractivity contribution in [1.29, 1.82) is 0 Å². The molecule has 40 heavy (non-hydrogen) atoms. The highest BCUT2D eigenvalue weighted by atomic mass is 32.2. The van der Waals surface area contributed by atoms with Crippen molar-refractivity contribution in [3.8, 4) is 5.75 Å². The molecule has 3 aromatic rings. The zero-order chi connectivity index (χ0) is 28.1. The van der Waals surface area contributed by atoms with Crippen LogP contribution in [-0.2, 0) is 0 Å². The maximum Gasteiger partial charge on any atom is 0.446 e. The van der Waals surface area contributed by atoms with Gasteiger partial charge in [0.1, 0.15) is 5.75 Å². The van der Waals surface area contributed by atoms with E-state index in [1.807, 2.05) is 0 Å². The summed E-state index contributed by atoms with van der Waals surface area (Å²) in [4.78, 5) is 31.2. The number of benzene rings is 2. The van der Waals surface area contributed by atoms with Gasteiger partial charge in [-0.2, -0.15) is 28.1 Å². The number of nitrogens with zero attached hydrogens (tertiary/aromatic N) is 5. The first kappa shape index (κ1) is 27.8. The van der Waals surface area contributed by atoms with Crippen LogP contribution >= 0.6 is 11.8 Å². The Kier molecular flexibility index (Phi) is 8.48. The molecule has 13 heteroatoms. The lowest BCUT2D eigenvalue weighted by atomic mass is 10.1. The van der Waals surface area contributed by atoms with Gasteiger partial charge >= 0.3 is 5.51 Å². The molecule has 0 saturated carbocycles. The minimum atomic E-state index is -4.39. The largest absolute Gasteiger partial charge is 0.507 e. The lowest BCUT2D eigenvalue weighted by Gasteiger charge is -2.30. The molecule has 9 nitrogen and oxygen atoms in total. The van der Waals surface area contributed by atoms with Gasteiger partial charge in [0.15, 0.2) is 0 Å². The second-order valence-corrected chi connectivity index (χ2v) is 10.9. The number of thioether (sulfide) groups is 1. The van der Waals surface area contributed by atoms with Crippen LogP contribution in [0.5, 0.6) is 5.75 Å². The molecule has 0 unspecified atom stereocenters. The summed E-state index contributed by atoms with van der Waals surface area (Å²) in [6.45, 7) is 3.55. The number of phenolic OH excluding ortho intramolecular Hbond substituents is 1. The molecule has 212 valence electrons. The van der Waals surface area contributed by atoms with Crippen molar-refractivity contribution in [2.75, 3.05) is 46.6 Å². The number of hydrogen-bond acceptors (Lipinski definition) is 9. The number of aromatic nitrogens is 3. The SMILES string of the molecule is O=C(Nc1ccc(SC(F)(F)F)cc1)c1ccc(Nc2nc(N3CCCCC3)nc(N3CCCCC3)n2)cc1O. The molecule has 5 rings (SSSR count). The minimum absolute atomic E-state index is 0.00833. The Morgan fingerprint density at radius 3 is 1.88 bits per heavy atom. The van der Waals surface area contributed by atoms with Gasteiger partial charge in [-0.05, 0) is 86.7 Å². The monoisotopic (exact) mass is 573 g/mol. The molecular weight excluding hydrogens is 543 g/mol. The summed E-state index contributed by atoms with van der Waals surface area (Å²) in [6.07, 6.45) is 6.72. The van der Waals surface area contributed by atoms with E-state index in [4.69, 9.17) is 4.98 Å². The summed E-state index contributed by atoms with van der Waals surface area (Å²) in [5, 5.41) is 16.3. The molecule has 1 amide bonds. The second-order valence-electron chi connectivity index (χ2n) is 9.74. The Morgan fingerprint density at radius 2 is 1.35 bits per heavy atom. The first-order valence-corrected chi connectivity index (χ1v) is 14.1. The normalized spacial score (nSPS) is 16.1. The number of amides is 1. The number of rotatable bonds is 7. The summed E-state index contributed by atoms with van der Waals surface area (Å²) in [7, 11) is 0. The van der Waals surface area contributed by atoms with Crippen molar-refractivity contribution < 1.29 is 23.1 Å². The molecule has 3 N–H and O–H groups in total. The van der Waals surface area contributed by atoms with Crippen molar-refractivity contribution in [3.63, 3.8) is 0 Å². The molecule has 0 bridgehead atoms. The highest BCUT2D eigenvalue weighted by molar-refractivity contribution is 8.00. The Morgan fingerprint density at radius 1 is 0.800 bits per heavy atom. The topological polar surface area (TPSA) is 107 Å². The summed E-state index contributed by atoms with van der Waals surface area (Å²) in [6, 6.07) is 9.78. The first-order valence-electron chi connectivity index (χ1n) is 13.3. The number of phenols is 1. The lowest BCUT2D eigenvalue weighted by Crippen LogP contribution is -2.34. The molecule has 2 aliphatic heterocycles. The van der Waals surface area contributed by atoms with E-state index in [-0.39, 0.29) is 28.0 Å². The summed E-state index contributed by atoms with van der Waals surface area (Å²) < 4.78 is 37.6. The van der Waals surface area contributed by atoms with Gasteiger partial charge in [0.05, 0.1) is 5.56 Å². The van der Waals surface area contributed by atoms with Crippen LogP contribution in [0, 0.1) is 0 Å². The van der Waals surface area contributed by atoms with Crippen LogP contribution in [0.4, 0.5) is 42.4 Å². The predicted molar refractivity (Wildman–Crippen MR) is 150 cm³/mol. The molecule has 2 saturated heterocycles. The van der Waals surface area contributed by atoms with E-state index in [2.05, 4.69) is 30.4 Å². The van der Waals surface area contributed by atoms with E-state index in [1.165, 1.54) is 49.2 Å². The molecule has 1 aromatic heterocycles. The van der Waals surface area contributed by atoms with E-state index in [1.54, 1.807) is 6.07 Å². The Labute approximate surface area is 234 Å². The molecule has 3 heterocycles. The number of hydrogen-bond donors (Lipinski definition) is 3. The van der Waals surface area contributed by atoms with Gasteiger partial charge < -0.3 is 25.5 Å². The molecule has 0 spiro atoms. The summed E-state index contributed by atoms with van der Waals surface area (Å²) in [5.41, 5.74) is -3.59. The van der Waals surface area contributed by atoms with Crippen LogP contribution < -0.4 is 20.4 Å². The van der Waals surface area contributed by atoms with Gasteiger partial charge in [-0.3, -0.25) is 4.79 Å². The predicted octanol–water partition coefficient (Wildman–Crippen LogP) is 6.17. The smallest absolute Gasteiger partial charge is 0.446 e. The van der Waals surface area contributed by atoms with E-state index in [9.17, 15) is 23.1 Å². The maximum absolute atomic E-state index is 12.7. The fraction of sp³-hybridized carbons (Fsp3) is 0.407. The fourth-order valence-electron chi connectivity index (χ4n) is 4.75. The number of anilines is 5. The van der Waals surface area contributed by atoms with Crippen molar-refractivity contribution >= 4 is 46.9 Å². The molecule has 2 aliphatic rings. The van der Waals surface area contributed by atoms with E-state index < -0.39 is 11.4 Å². The van der Waals surface area contributed by atoms with E-state index in [0.29, 0.717) is 29.2 Å². The molecule has 0 aliphatic carbocycles. The average Bonchev–Trinajstić information content (AvgIpc) is 2.94. The van der Waals surface area contributed by atoms with Crippen molar-refractivity contribution in [1.82, 2.24) is 15.0 Å². The maximum atomic E-state index is 12.7. The summed E-state index contributed by atoms with van der Waals surface area (Å²) in [5.74, 6) is 0.730. The van der Waals surface area contributed by atoms with Gasteiger partial charge in [0.25, 0.3) is 5.91 Å². The van der Waals surface area contributed by atoms with Gasteiger partial charge in [-0.1, -0.05) is 0 Å². The van der Waals surface area contributed by atoms with E-state index in [0.717, 1.165) is 51.9 Å². The zero-order valence-corrected chi connectivity index (χ0v) is 22.6. The molecular formula is C27H30F3N7O2S. The number of carbonyl (C=O) groups is 1. The highest BCUT2D eigenvalue weighted by Gasteiger charge is 2.29. The van der Waals surface area contributed by atoms with Crippen molar-refractivity contribution in [3.05, 3.63) is 48.0 Å². The third kappa shape index (κ3) is 7.26.